The van der Waals surface area contributed by atoms with Gasteiger partial charge >= 0.3 is 11.8 Å². The molecule has 1 aliphatic rings. The summed E-state index contributed by atoms with van der Waals surface area (Å²) in [5, 5.41) is 14.3. The van der Waals surface area contributed by atoms with Crippen molar-refractivity contribution >= 4 is 11.8 Å². The van der Waals surface area contributed by atoms with E-state index in [1.54, 1.807) is 31.4 Å². The molecule has 1 saturated heterocycles. The van der Waals surface area contributed by atoms with E-state index in [0.29, 0.717) is 24.3 Å². The van der Waals surface area contributed by atoms with Crippen molar-refractivity contribution in [2.24, 2.45) is 0 Å². The van der Waals surface area contributed by atoms with Crippen LogP contribution in [0.15, 0.2) is 66.7 Å². The zero-order valence-electron chi connectivity index (χ0n) is 19.7. The first kappa shape index (κ1) is 24.2. The van der Waals surface area contributed by atoms with Crippen LogP contribution < -0.4 is 14.8 Å². The van der Waals surface area contributed by atoms with E-state index < -0.39 is 11.0 Å². The third kappa shape index (κ3) is 6.58. The molecule has 0 atom stereocenters. The number of amides is 1. The van der Waals surface area contributed by atoms with Crippen molar-refractivity contribution in [3.63, 3.8) is 0 Å². The van der Waals surface area contributed by atoms with E-state index in [0.717, 1.165) is 30.8 Å². The fourth-order valence-corrected chi connectivity index (χ4v) is 4.18. The second-order valence-electron chi connectivity index (χ2n) is 8.54. The van der Waals surface area contributed by atoms with Crippen molar-refractivity contribution in [2.75, 3.05) is 26.7 Å². The molecular formula is C27H29N3O5. The summed E-state index contributed by atoms with van der Waals surface area (Å²) in [7, 11) is 1.56. The molecule has 1 N–H and O–H groups in total. The minimum atomic E-state index is -0.729. The number of carbonyl (C=O) groups is 1. The van der Waals surface area contributed by atoms with Crippen LogP contribution in [-0.4, -0.2) is 42.7 Å². The largest absolute Gasteiger partial charge is 0.497 e. The Bertz CT molecular complexity index is 1170. The van der Waals surface area contributed by atoms with Gasteiger partial charge in [0.25, 0.3) is 0 Å². The Hall–Kier alpha value is -3.91. The maximum absolute atomic E-state index is 12.3. The zero-order chi connectivity index (χ0) is 24.6. The lowest BCUT2D eigenvalue weighted by Gasteiger charge is -2.14. The van der Waals surface area contributed by atoms with E-state index >= 15 is 0 Å². The van der Waals surface area contributed by atoms with Gasteiger partial charge in [-0.05, 0) is 72.8 Å². The van der Waals surface area contributed by atoms with Gasteiger partial charge in [0, 0.05) is 19.2 Å². The number of benzene rings is 3. The molecule has 1 heterocycles. The lowest BCUT2D eigenvalue weighted by atomic mass is 10.0. The molecule has 1 aliphatic heterocycles. The second-order valence-corrected chi connectivity index (χ2v) is 8.54. The first-order valence-corrected chi connectivity index (χ1v) is 11.7. The number of nitro groups is 1. The van der Waals surface area contributed by atoms with Gasteiger partial charge < -0.3 is 14.8 Å². The highest BCUT2D eigenvalue weighted by molar-refractivity contribution is 5.75. The topological polar surface area (TPSA) is 93.9 Å². The number of nitro benzene ring substituents is 1. The van der Waals surface area contributed by atoms with Gasteiger partial charge in [-0.3, -0.25) is 15.0 Å². The number of carbonyl (C=O) groups excluding carboxylic acids is 1. The minimum Gasteiger partial charge on any atom is -0.497 e. The average molecular weight is 476 g/mol. The maximum atomic E-state index is 12.3. The second kappa shape index (κ2) is 11.5. The van der Waals surface area contributed by atoms with Crippen LogP contribution in [0.1, 0.15) is 24.0 Å². The predicted octanol–water partition coefficient (Wildman–Crippen LogP) is 5.20. The summed E-state index contributed by atoms with van der Waals surface area (Å²) in [5.41, 5.74) is 3.48. The van der Waals surface area contributed by atoms with Crippen LogP contribution in [0, 0.1) is 10.1 Å². The summed E-state index contributed by atoms with van der Waals surface area (Å²) < 4.78 is 10.5. The van der Waals surface area contributed by atoms with Crippen LogP contribution in [0.4, 0.5) is 10.5 Å². The van der Waals surface area contributed by atoms with Crippen LogP contribution in [0.25, 0.3) is 11.1 Å². The van der Waals surface area contributed by atoms with Gasteiger partial charge in [-0.15, -0.1) is 0 Å². The number of nitrogens with zero attached hydrogens (tertiary/aromatic N) is 2. The van der Waals surface area contributed by atoms with E-state index in [2.05, 4.69) is 34.5 Å². The molecule has 0 spiro atoms. The fourth-order valence-electron chi connectivity index (χ4n) is 4.18. The van der Waals surface area contributed by atoms with Gasteiger partial charge in [-0.1, -0.05) is 42.5 Å². The monoisotopic (exact) mass is 475 g/mol. The molecule has 0 saturated carbocycles. The van der Waals surface area contributed by atoms with Crippen LogP contribution >= 0.6 is 0 Å². The fraction of sp³-hybridized carbons (Fsp3) is 0.296. The summed E-state index contributed by atoms with van der Waals surface area (Å²) in [5.74, 6) is 0.538. The van der Waals surface area contributed by atoms with E-state index in [4.69, 9.17) is 9.47 Å². The molecule has 3 aromatic rings. The zero-order valence-corrected chi connectivity index (χ0v) is 19.7. The normalized spacial score (nSPS) is 13.4. The van der Waals surface area contributed by atoms with Gasteiger partial charge in [-0.25, -0.2) is 4.79 Å². The molecule has 3 aromatic carbocycles. The number of ether oxygens (including phenoxy) is 2. The van der Waals surface area contributed by atoms with Gasteiger partial charge in [0.05, 0.1) is 12.0 Å². The van der Waals surface area contributed by atoms with Crippen molar-refractivity contribution < 1.29 is 19.2 Å². The number of hydrogen-bond acceptors (Lipinski definition) is 6. The van der Waals surface area contributed by atoms with Gasteiger partial charge in [0.2, 0.25) is 5.75 Å². The Morgan fingerprint density at radius 2 is 1.71 bits per heavy atom. The smallest absolute Gasteiger partial charge is 0.412 e. The molecule has 1 fully saturated rings. The van der Waals surface area contributed by atoms with Crippen molar-refractivity contribution in [1.29, 1.82) is 0 Å². The molecule has 8 heteroatoms. The Morgan fingerprint density at radius 1 is 1.00 bits per heavy atom. The van der Waals surface area contributed by atoms with Crippen LogP contribution in [0.5, 0.6) is 11.5 Å². The highest BCUT2D eigenvalue weighted by Gasteiger charge is 2.19. The third-order valence-electron chi connectivity index (χ3n) is 6.07. The molecule has 0 aliphatic carbocycles. The van der Waals surface area contributed by atoms with Gasteiger partial charge in [0.1, 0.15) is 5.75 Å². The molecule has 182 valence electrons. The average Bonchev–Trinajstić information content (AvgIpc) is 3.38. The summed E-state index contributed by atoms with van der Waals surface area (Å²) in [6, 6.07) is 20.1. The SMILES string of the molecule is COc1cccc(-c2ccc(OC(=O)NCCc3ccc(CN4CCCC4)cc3)c([N+](=O)[O-])c2)c1. The number of likely N-dealkylation sites (tertiary alicyclic amines) is 1. The van der Waals surface area contributed by atoms with Crippen LogP contribution in [0.2, 0.25) is 0 Å². The Labute approximate surface area is 204 Å². The summed E-state index contributed by atoms with van der Waals surface area (Å²) >= 11 is 0. The molecule has 0 aromatic heterocycles. The molecular weight excluding hydrogens is 446 g/mol. The van der Waals surface area contributed by atoms with Crippen molar-refractivity contribution in [1.82, 2.24) is 10.2 Å². The predicted molar refractivity (Wildman–Crippen MR) is 134 cm³/mol. The van der Waals surface area contributed by atoms with E-state index in [1.807, 2.05) is 6.07 Å². The van der Waals surface area contributed by atoms with Gasteiger partial charge in [-0.2, -0.15) is 0 Å². The highest BCUT2D eigenvalue weighted by atomic mass is 16.6. The highest BCUT2D eigenvalue weighted by Crippen LogP contribution is 2.33. The first-order valence-electron chi connectivity index (χ1n) is 11.7. The summed E-state index contributed by atoms with van der Waals surface area (Å²) in [6.45, 7) is 3.66. The van der Waals surface area contributed by atoms with Crippen molar-refractivity contribution in [3.8, 4) is 22.6 Å². The lowest BCUT2D eigenvalue weighted by Crippen LogP contribution is -2.29. The van der Waals surface area contributed by atoms with Gasteiger partial charge in [0.15, 0.2) is 0 Å². The first-order chi connectivity index (χ1) is 17.0. The van der Waals surface area contributed by atoms with E-state index in [1.165, 1.54) is 30.5 Å². The number of methoxy groups -OCH3 is 1. The molecule has 4 rings (SSSR count). The summed E-state index contributed by atoms with van der Waals surface area (Å²) in [4.78, 5) is 25.8. The summed E-state index contributed by atoms with van der Waals surface area (Å²) in [6.07, 6.45) is 2.45. The maximum Gasteiger partial charge on any atom is 0.412 e. The van der Waals surface area contributed by atoms with Crippen molar-refractivity contribution in [3.05, 3.63) is 88.0 Å². The number of rotatable bonds is 9. The Morgan fingerprint density at radius 3 is 2.43 bits per heavy atom. The molecule has 1 amide bonds. The van der Waals surface area contributed by atoms with Crippen LogP contribution in [0.3, 0.4) is 0 Å². The van der Waals surface area contributed by atoms with Crippen molar-refractivity contribution in [2.45, 2.75) is 25.8 Å². The quantitative estimate of drug-likeness (QED) is 0.338. The number of nitrogens with one attached hydrogen (secondary N) is 1. The lowest BCUT2D eigenvalue weighted by molar-refractivity contribution is -0.385. The molecule has 0 radical (unpaired) electrons. The minimum absolute atomic E-state index is 0.106. The van der Waals surface area contributed by atoms with E-state index in [9.17, 15) is 14.9 Å². The standard InChI is InChI=1S/C27H29N3O5/c1-34-24-6-4-5-22(17-24)23-11-12-26(25(18-23)30(32)33)35-27(31)28-14-13-20-7-9-21(10-8-20)19-29-15-2-3-16-29/h4-12,17-18H,2-3,13-16,19H2,1H3,(H,28,31). The Kier molecular flexibility index (Phi) is 7.95. The molecule has 8 nitrogen and oxygen atoms in total. The van der Waals surface area contributed by atoms with Crippen LogP contribution in [-0.2, 0) is 13.0 Å². The number of hydrogen-bond donors (Lipinski definition) is 1. The molecule has 35 heavy (non-hydrogen) atoms. The molecule has 0 unspecified atom stereocenters. The molecule has 0 bridgehead atoms. The third-order valence-corrected chi connectivity index (χ3v) is 6.07. The Balaban J connectivity index is 1.32. The van der Waals surface area contributed by atoms with E-state index in [-0.39, 0.29) is 11.4 Å².